The summed E-state index contributed by atoms with van der Waals surface area (Å²) < 4.78 is 28.0. The lowest BCUT2D eigenvalue weighted by atomic mass is 10.0. The van der Waals surface area contributed by atoms with Crippen molar-refractivity contribution in [3.8, 4) is 39.5 Å². The fraction of sp³-hybridized carbons (Fsp3) is 0.304. The van der Waals surface area contributed by atoms with Crippen LogP contribution in [0.5, 0.6) is 17.2 Å². The fourth-order valence-corrected chi connectivity index (χ4v) is 6.26. The van der Waals surface area contributed by atoms with Crippen LogP contribution >= 0.6 is 0 Å². The number of hydrogen-bond acceptors (Lipinski definition) is 7. The molecule has 5 aromatic carbocycles. The zero-order valence-electron chi connectivity index (χ0n) is 30.8. The van der Waals surface area contributed by atoms with E-state index in [1.165, 1.54) is 0 Å². The molecule has 278 valence electrons. The number of anilines is 1. The standard InChI is InChI=1S/C46H47NO7/c1-2-3-4-5-27-47(45(48)37-13-9-33(10-14-37)35-17-21-40(22-18-35)50-28-25-43-31-52-43)39-7-6-8-42(30-39)54-46(49)38-15-11-34(12-16-38)36-19-23-41(24-20-36)51-29-26-44-32-53-44/h6-24,30,43-44H,2-5,25-29,31-32H2,1H3. The number of unbranched alkanes of at least 4 members (excludes halogenated alkanes) is 3. The van der Waals surface area contributed by atoms with Gasteiger partial charge in [-0.1, -0.05) is 80.8 Å². The molecule has 0 spiro atoms. The van der Waals surface area contributed by atoms with Gasteiger partial charge < -0.3 is 28.6 Å². The van der Waals surface area contributed by atoms with Crippen molar-refractivity contribution in [3.63, 3.8) is 0 Å². The molecule has 2 fully saturated rings. The van der Waals surface area contributed by atoms with Crippen molar-refractivity contribution in [2.75, 3.05) is 37.9 Å². The molecule has 0 saturated carbocycles. The van der Waals surface area contributed by atoms with Gasteiger partial charge in [0.15, 0.2) is 0 Å². The van der Waals surface area contributed by atoms with Crippen LogP contribution in [0.2, 0.25) is 0 Å². The Kier molecular flexibility index (Phi) is 12.3. The number of nitrogens with zero attached hydrogens (tertiary/aromatic N) is 1. The van der Waals surface area contributed by atoms with E-state index < -0.39 is 5.97 Å². The van der Waals surface area contributed by atoms with Gasteiger partial charge in [0.05, 0.1) is 44.2 Å². The fourth-order valence-electron chi connectivity index (χ4n) is 6.26. The average molecular weight is 726 g/mol. The third-order valence-electron chi connectivity index (χ3n) is 9.67. The Morgan fingerprint density at radius 3 is 1.61 bits per heavy atom. The molecular weight excluding hydrogens is 679 g/mol. The van der Waals surface area contributed by atoms with Gasteiger partial charge in [0, 0.05) is 36.7 Å². The molecule has 7 rings (SSSR count). The second kappa shape index (κ2) is 18.1. The van der Waals surface area contributed by atoms with Gasteiger partial charge in [-0.3, -0.25) is 4.79 Å². The third kappa shape index (κ3) is 10.4. The van der Waals surface area contributed by atoms with Gasteiger partial charge in [0.25, 0.3) is 5.91 Å². The van der Waals surface area contributed by atoms with E-state index in [9.17, 15) is 9.59 Å². The predicted molar refractivity (Wildman–Crippen MR) is 211 cm³/mol. The molecule has 2 atom stereocenters. The van der Waals surface area contributed by atoms with Gasteiger partial charge in [0.2, 0.25) is 0 Å². The highest BCUT2D eigenvalue weighted by atomic mass is 16.6. The van der Waals surface area contributed by atoms with Crippen LogP contribution in [-0.4, -0.2) is 57.1 Å². The number of esters is 1. The summed E-state index contributed by atoms with van der Waals surface area (Å²) in [6, 6.07) is 38.2. The molecule has 0 N–H and O–H groups in total. The van der Waals surface area contributed by atoms with Crippen molar-refractivity contribution < 1.29 is 33.3 Å². The van der Waals surface area contributed by atoms with Gasteiger partial charge in [0.1, 0.15) is 17.2 Å². The largest absolute Gasteiger partial charge is 0.493 e. The highest BCUT2D eigenvalue weighted by Crippen LogP contribution is 2.28. The quantitative estimate of drug-likeness (QED) is 0.0362. The zero-order valence-corrected chi connectivity index (χ0v) is 30.8. The van der Waals surface area contributed by atoms with E-state index in [0.717, 1.165) is 85.5 Å². The van der Waals surface area contributed by atoms with E-state index in [2.05, 4.69) is 6.92 Å². The monoisotopic (exact) mass is 725 g/mol. The van der Waals surface area contributed by atoms with Crippen LogP contribution in [0, 0.1) is 0 Å². The molecule has 0 radical (unpaired) electrons. The number of benzene rings is 5. The predicted octanol–water partition coefficient (Wildman–Crippen LogP) is 9.80. The molecule has 8 nitrogen and oxygen atoms in total. The number of carbonyl (C=O) groups is 2. The number of carbonyl (C=O) groups excluding carboxylic acids is 2. The van der Waals surface area contributed by atoms with Crippen molar-refractivity contribution in [3.05, 3.63) is 132 Å². The van der Waals surface area contributed by atoms with Crippen molar-refractivity contribution in [2.24, 2.45) is 0 Å². The Bertz CT molecular complexity index is 1970. The van der Waals surface area contributed by atoms with Crippen LogP contribution < -0.4 is 19.1 Å². The topological polar surface area (TPSA) is 90.1 Å². The summed E-state index contributed by atoms with van der Waals surface area (Å²) in [5.41, 5.74) is 5.76. The van der Waals surface area contributed by atoms with Crippen LogP contribution in [0.4, 0.5) is 5.69 Å². The van der Waals surface area contributed by atoms with E-state index >= 15 is 0 Å². The Morgan fingerprint density at radius 2 is 1.11 bits per heavy atom. The first-order valence-corrected chi connectivity index (χ1v) is 19.1. The molecule has 2 aliphatic rings. The molecule has 5 aromatic rings. The zero-order chi connectivity index (χ0) is 37.1. The lowest BCUT2D eigenvalue weighted by molar-refractivity contribution is 0.0734. The van der Waals surface area contributed by atoms with Crippen molar-refractivity contribution in [1.82, 2.24) is 0 Å². The summed E-state index contributed by atoms with van der Waals surface area (Å²) in [6.07, 6.45) is 6.59. The molecule has 8 heteroatoms. The molecule has 54 heavy (non-hydrogen) atoms. The molecule has 2 heterocycles. The minimum Gasteiger partial charge on any atom is -0.493 e. The maximum atomic E-state index is 14.0. The molecule has 2 saturated heterocycles. The van der Waals surface area contributed by atoms with Gasteiger partial charge in [-0.25, -0.2) is 4.79 Å². The normalized spacial score (nSPS) is 15.6. The number of amides is 1. The van der Waals surface area contributed by atoms with Gasteiger partial charge >= 0.3 is 5.97 Å². The number of rotatable bonds is 19. The van der Waals surface area contributed by atoms with E-state index in [0.29, 0.717) is 54.5 Å². The molecule has 0 aromatic heterocycles. The molecular formula is C46H47NO7. The summed E-state index contributed by atoms with van der Waals surface area (Å²) in [4.78, 5) is 29.1. The van der Waals surface area contributed by atoms with Crippen LogP contribution in [0.1, 0.15) is 66.2 Å². The summed E-state index contributed by atoms with van der Waals surface area (Å²) in [7, 11) is 0. The maximum Gasteiger partial charge on any atom is 0.343 e. The lowest BCUT2D eigenvalue weighted by Crippen LogP contribution is -2.32. The molecule has 2 aliphatic heterocycles. The van der Waals surface area contributed by atoms with E-state index in [-0.39, 0.29) is 5.91 Å². The maximum absolute atomic E-state index is 14.0. The van der Waals surface area contributed by atoms with E-state index in [1.807, 2.05) is 97.1 Å². The van der Waals surface area contributed by atoms with Gasteiger partial charge in [-0.2, -0.15) is 0 Å². The first kappa shape index (κ1) is 36.9. The summed E-state index contributed by atoms with van der Waals surface area (Å²) in [5.74, 6) is 1.45. The van der Waals surface area contributed by atoms with Gasteiger partial charge in [-0.05, 0) is 89.3 Å². The Morgan fingerprint density at radius 1 is 0.611 bits per heavy atom. The Labute approximate surface area is 317 Å². The highest BCUT2D eigenvalue weighted by molar-refractivity contribution is 6.06. The second-order valence-corrected chi connectivity index (χ2v) is 13.8. The average Bonchev–Trinajstić information content (AvgIpc) is 4.16. The van der Waals surface area contributed by atoms with E-state index in [1.54, 1.807) is 29.2 Å². The first-order valence-electron chi connectivity index (χ1n) is 19.1. The summed E-state index contributed by atoms with van der Waals surface area (Å²) in [6.45, 7) is 5.66. The van der Waals surface area contributed by atoms with E-state index in [4.69, 9.17) is 23.7 Å². The number of ether oxygens (including phenoxy) is 5. The number of epoxide rings is 2. The molecule has 1 amide bonds. The lowest BCUT2D eigenvalue weighted by Gasteiger charge is -2.24. The smallest absolute Gasteiger partial charge is 0.343 e. The van der Waals surface area contributed by atoms with Crippen molar-refractivity contribution in [1.29, 1.82) is 0 Å². The minimum atomic E-state index is -0.467. The summed E-state index contributed by atoms with van der Waals surface area (Å²) in [5, 5.41) is 0. The number of hydrogen-bond donors (Lipinski definition) is 0. The van der Waals surface area contributed by atoms with Crippen molar-refractivity contribution >= 4 is 17.6 Å². The summed E-state index contributed by atoms with van der Waals surface area (Å²) >= 11 is 0. The minimum absolute atomic E-state index is 0.104. The third-order valence-corrected chi connectivity index (χ3v) is 9.67. The van der Waals surface area contributed by atoms with Crippen LogP contribution in [0.15, 0.2) is 121 Å². The molecule has 0 aliphatic carbocycles. The molecule has 0 bridgehead atoms. The Hall–Kier alpha value is -5.44. The van der Waals surface area contributed by atoms with Crippen molar-refractivity contribution in [2.45, 2.75) is 57.7 Å². The SMILES string of the molecule is CCCCCCN(C(=O)c1ccc(-c2ccc(OCCC3CO3)cc2)cc1)c1cccc(OC(=O)c2ccc(-c3ccc(OCCC4CO4)cc3)cc2)c1. The second-order valence-electron chi connectivity index (χ2n) is 13.8. The van der Waals surface area contributed by atoms with Crippen LogP contribution in [-0.2, 0) is 9.47 Å². The molecule has 2 unspecified atom stereocenters. The van der Waals surface area contributed by atoms with Crippen LogP contribution in [0.3, 0.4) is 0 Å². The van der Waals surface area contributed by atoms with Gasteiger partial charge in [-0.15, -0.1) is 0 Å². The van der Waals surface area contributed by atoms with Crippen LogP contribution in [0.25, 0.3) is 22.3 Å². The first-order chi connectivity index (χ1) is 26.5. The highest BCUT2D eigenvalue weighted by Gasteiger charge is 2.23. The Balaban J connectivity index is 0.984.